The first kappa shape index (κ1) is 22.0. The summed E-state index contributed by atoms with van der Waals surface area (Å²) in [7, 11) is 0. The Morgan fingerprint density at radius 3 is 2.49 bits per heavy atom. The monoisotopic (exact) mass is 520 g/mol. The van der Waals surface area contributed by atoms with E-state index in [0.29, 0.717) is 5.89 Å². The Bertz CT molecular complexity index is 2110. The second-order valence-electron chi connectivity index (χ2n) is 9.36. The molecule has 0 saturated heterocycles. The minimum atomic E-state index is 0.616. The molecular weight excluding hydrogens is 500 g/mol. The molecule has 0 aliphatic rings. The molecule has 39 heavy (non-hydrogen) atoms. The predicted molar refractivity (Wildman–Crippen MR) is 158 cm³/mol. The Hall–Kier alpha value is -5.07. The molecule has 6 heteroatoms. The van der Waals surface area contributed by atoms with Gasteiger partial charge in [-0.05, 0) is 54.6 Å². The molecule has 0 fully saturated rings. The molecular formula is C33H20N4OS. The van der Waals surface area contributed by atoms with Crippen LogP contribution in [0.3, 0.4) is 0 Å². The van der Waals surface area contributed by atoms with Gasteiger partial charge in [-0.1, -0.05) is 48.5 Å². The molecule has 0 N–H and O–H groups in total. The summed E-state index contributed by atoms with van der Waals surface area (Å²) < 4.78 is 8.43. The van der Waals surface area contributed by atoms with Crippen LogP contribution in [-0.4, -0.2) is 19.5 Å². The average molecular weight is 521 g/mol. The Morgan fingerprint density at radius 2 is 1.56 bits per heavy atom. The normalized spacial score (nSPS) is 11.6. The van der Waals surface area contributed by atoms with Gasteiger partial charge in [0.05, 0.1) is 16.7 Å². The first-order valence-corrected chi connectivity index (χ1v) is 13.6. The van der Waals surface area contributed by atoms with Crippen molar-refractivity contribution in [3.8, 4) is 39.0 Å². The van der Waals surface area contributed by atoms with Crippen LogP contribution in [0.4, 0.5) is 0 Å². The fourth-order valence-electron chi connectivity index (χ4n) is 5.33. The second kappa shape index (κ2) is 8.75. The fraction of sp³-hybridized carbons (Fsp3) is 0. The van der Waals surface area contributed by atoms with Gasteiger partial charge in [-0.3, -0.25) is 4.98 Å². The Balaban J connectivity index is 1.35. The van der Waals surface area contributed by atoms with Crippen LogP contribution in [0.1, 0.15) is 0 Å². The van der Waals surface area contributed by atoms with Gasteiger partial charge in [0.1, 0.15) is 10.5 Å². The zero-order valence-electron chi connectivity index (χ0n) is 20.7. The molecule has 0 radical (unpaired) electrons. The summed E-state index contributed by atoms with van der Waals surface area (Å²) in [6.07, 6.45) is 3.67. The number of fused-ring (bicyclic) bond motifs is 4. The molecule has 0 saturated carbocycles. The lowest BCUT2D eigenvalue weighted by Crippen LogP contribution is -1.96. The SMILES string of the molecule is c1cc(-c2ncccc2-c2nccs2)cc(-n2c3ccccc3c3ccc(-c4nc5ccccc5o4)cc32)c1. The molecule has 0 bridgehead atoms. The van der Waals surface area contributed by atoms with Gasteiger partial charge in [0.2, 0.25) is 5.89 Å². The third kappa shape index (κ3) is 3.57. The highest BCUT2D eigenvalue weighted by atomic mass is 32.1. The largest absolute Gasteiger partial charge is 0.436 e. The van der Waals surface area contributed by atoms with Crippen molar-refractivity contribution in [1.82, 2.24) is 19.5 Å². The van der Waals surface area contributed by atoms with Gasteiger partial charge in [-0.25, -0.2) is 9.97 Å². The van der Waals surface area contributed by atoms with E-state index in [-0.39, 0.29) is 0 Å². The maximum atomic E-state index is 6.11. The van der Waals surface area contributed by atoms with E-state index in [1.165, 1.54) is 10.8 Å². The van der Waals surface area contributed by atoms with Gasteiger partial charge in [0, 0.05) is 50.9 Å². The zero-order valence-corrected chi connectivity index (χ0v) is 21.5. The molecule has 8 rings (SSSR count). The molecule has 0 unspecified atom stereocenters. The molecule has 8 aromatic rings. The van der Waals surface area contributed by atoms with E-state index in [2.05, 4.69) is 82.3 Å². The van der Waals surface area contributed by atoms with Crippen molar-refractivity contribution >= 4 is 44.2 Å². The summed E-state index contributed by atoms with van der Waals surface area (Å²) in [6.45, 7) is 0. The highest BCUT2D eigenvalue weighted by Gasteiger charge is 2.17. The topological polar surface area (TPSA) is 56.7 Å². The van der Waals surface area contributed by atoms with E-state index in [9.17, 15) is 0 Å². The minimum absolute atomic E-state index is 0.616. The first-order valence-electron chi connectivity index (χ1n) is 12.7. The molecule has 4 heterocycles. The van der Waals surface area contributed by atoms with E-state index >= 15 is 0 Å². The van der Waals surface area contributed by atoms with Gasteiger partial charge in [-0.15, -0.1) is 11.3 Å². The standard InChI is InChI=1S/C33H20N4OS/c1-3-12-28-24(9-1)25-15-14-22(32-36-27-11-2-4-13-30(27)38-32)20-29(25)37(28)23-8-5-7-21(19-23)31-26(10-6-16-34-31)33-35-17-18-39-33/h1-20H. The summed E-state index contributed by atoms with van der Waals surface area (Å²) in [5.74, 6) is 0.616. The average Bonchev–Trinajstić information content (AvgIpc) is 3.75. The quantitative estimate of drug-likeness (QED) is 0.233. The number of para-hydroxylation sites is 3. The summed E-state index contributed by atoms with van der Waals surface area (Å²) in [5, 5.41) is 5.33. The van der Waals surface area contributed by atoms with E-state index in [1.54, 1.807) is 11.3 Å². The summed E-state index contributed by atoms with van der Waals surface area (Å²) >= 11 is 1.62. The number of hydrogen-bond acceptors (Lipinski definition) is 5. The van der Waals surface area contributed by atoms with Crippen LogP contribution in [0.5, 0.6) is 0 Å². The third-order valence-electron chi connectivity index (χ3n) is 7.06. The Labute approximate surface area is 227 Å². The van der Waals surface area contributed by atoms with Crippen molar-refractivity contribution in [2.75, 3.05) is 0 Å². The van der Waals surface area contributed by atoms with Crippen LogP contribution < -0.4 is 0 Å². The molecule has 0 aliphatic heterocycles. The molecule has 4 aromatic carbocycles. The molecule has 184 valence electrons. The lowest BCUT2D eigenvalue weighted by Gasteiger charge is -2.12. The smallest absolute Gasteiger partial charge is 0.227 e. The van der Waals surface area contributed by atoms with Gasteiger partial charge in [0.15, 0.2) is 5.58 Å². The molecule has 0 atom stereocenters. The maximum absolute atomic E-state index is 6.11. The lowest BCUT2D eigenvalue weighted by atomic mass is 10.1. The highest BCUT2D eigenvalue weighted by molar-refractivity contribution is 7.13. The predicted octanol–water partition coefficient (Wildman–Crippen LogP) is 8.78. The van der Waals surface area contributed by atoms with Crippen molar-refractivity contribution in [3.63, 3.8) is 0 Å². The number of oxazole rings is 1. The van der Waals surface area contributed by atoms with Crippen LogP contribution in [0.25, 0.3) is 71.9 Å². The lowest BCUT2D eigenvalue weighted by molar-refractivity contribution is 0.620. The van der Waals surface area contributed by atoms with Crippen molar-refractivity contribution < 1.29 is 4.42 Å². The number of thiazole rings is 1. The summed E-state index contributed by atoms with van der Waals surface area (Å²) in [6, 6.07) is 35.4. The molecule has 4 aromatic heterocycles. The Morgan fingerprint density at radius 1 is 0.667 bits per heavy atom. The van der Waals surface area contributed by atoms with E-state index in [4.69, 9.17) is 14.4 Å². The third-order valence-corrected chi connectivity index (χ3v) is 7.87. The number of hydrogen-bond donors (Lipinski definition) is 0. The first-order chi connectivity index (χ1) is 19.3. The zero-order chi connectivity index (χ0) is 25.8. The molecule has 0 aliphatic carbocycles. The van der Waals surface area contributed by atoms with Crippen molar-refractivity contribution in [2.45, 2.75) is 0 Å². The van der Waals surface area contributed by atoms with Crippen molar-refractivity contribution in [2.24, 2.45) is 0 Å². The Kier molecular flexibility index (Phi) is 4.93. The van der Waals surface area contributed by atoms with Gasteiger partial charge in [0.25, 0.3) is 0 Å². The number of pyridine rings is 1. The van der Waals surface area contributed by atoms with Crippen molar-refractivity contribution in [1.29, 1.82) is 0 Å². The fourth-order valence-corrected chi connectivity index (χ4v) is 6.00. The second-order valence-corrected chi connectivity index (χ2v) is 10.3. The minimum Gasteiger partial charge on any atom is -0.436 e. The highest BCUT2D eigenvalue weighted by Crippen LogP contribution is 2.37. The number of rotatable bonds is 4. The number of aromatic nitrogens is 4. The molecule has 0 spiro atoms. The van der Waals surface area contributed by atoms with E-state index < -0.39 is 0 Å². The van der Waals surface area contributed by atoms with Gasteiger partial charge in [-0.2, -0.15) is 0 Å². The van der Waals surface area contributed by atoms with Crippen LogP contribution in [0, 0.1) is 0 Å². The van der Waals surface area contributed by atoms with Crippen LogP contribution in [0.2, 0.25) is 0 Å². The molecule has 0 amide bonds. The van der Waals surface area contributed by atoms with E-state index in [1.807, 2.05) is 48.1 Å². The molecule has 5 nitrogen and oxygen atoms in total. The van der Waals surface area contributed by atoms with Crippen LogP contribution in [-0.2, 0) is 0 Å². The number of nitrogens with zero attached hydrogens (tertiary/aromatic N) is 4. The maximum Gasteiger partial charge on any atom is 0.227 e. The van der Waals surface area contributed by atoms with Crippen molar-refractivity contribution in [3.05, 3.63) is 121 Å². The van der Waals surface area contributed by atoms with Crippen LogP contribution >= 0.6 is 11.3 Å². The summed E-state index contributed by atoms with van der Waals surface area (Å²) in [4.78, 5) is 14.0. The van der Waals surface area contributed by atoms with E-state index in [0.717, 1.165) is 55.2 Å². The van der Waals surface area contributed by atoms with Crippen LogP contribution in [0.15, 0.2) is 125 Å². The number of benzene rings is 4. The van der Waals surface area contributed by atoms with Gasteiger partial charge < -0.3 is 8.98 Å². The summed E-state index contributed by atoms with van der Waals surface area (Å²) in [5.41, 5.74) is 8.86. The van der Waals surface area contributed by atoms with Gasteiger partial charge >= 0.3 is 0 Å².